The summed E-state index contributed by atoms with van der Waals surface area (Å²) >= 11 is 11.8. The molecule has 0 heterocycles. The van der Waals surface area contributed by atoms with Crippen molar-refractivity contribution in [3.63, 3.8) is 0 Å². The molecule has 0 fully saturated rings. The monoisotopic (exact) mass is 309 g/mol. The van der Waals surface area contributed by atoms with Crippen LogP contribution < -0.4 is 5.32 Å². The van der Waals surface area contributed by atoms with E-state index in [1.54, 1.807) is 32.0 Å². The van der Waals surface area contributed by atoms with Gasteiger partial charge in [0.25, 0.3) is 0 Å². The number of rotatable bonds is 5. The summed E-state index contributed by atoms with van der Waals surface area (Å²) in [6.07, 6.45) is 1.24. The van der Waals surface area contributed by atoms with Gasteiger partial charge in [0.15, 0.2) is 9.84 Å². The Hall–Kier alpha value is -0.290. The van der Waals surface area contributed by atoms with Gasteiger partial charge in [0.2, 0.25) is 0 Å². The maximum absolute atomic E-state index is 11.5. The number of hydrogen-bond acceptors (Lipinski definition) is 3. The second-order valence-corrected chi connectivity index (χ2v) is 8.44. The smallest absolute Gasteiger partial charge is 0.153 e. The van der Waals surface area contributed by atoms with Gasteiger partial charge in [-0.1, -0.05) is 23.2 Å². The summed E-state index contributed by atoms with van der Waals surface area (Å²) in [5, 5.41) is 4.25. The number of nitrogens with one attached hydrogen (secondary N) is 1. The fourth-order valence-corrected chi connectivity index (χ4v) is 2.29. The second-order valence-electron chi connectivity index (χ2n) is 4.91. The van der Waals surface area contributed by atoms with E-state index in [-0.39, 0.29) is 0 Å². The van der Waals surface area contributed by atoms with Crippen molar-refractivity contribution in [1.82, 2.24) is 5.32 Å². The van der Waals surface area contributed by atoms with E-state index in [0.29, 0.717) is 23.1 Å². The van der Waals surface area contributed by atoms with Gasteiger partial charge < -0.3 is 5.32 Å². The first-order valence-electron chi connectivity index (χ1n) is 5.47. The third-order valence-corrected chi connectivity index (χ3v) is 5.39. The van der Waals surface area contributed by atoms with Gasteiger partial charge in [-0.15, -0.1) is 0 Å². The molecule has 0 aliphatic carbocycles. The molecule has 18 heavy (non-hydrogen) atoms. The summed E-state index contributed by atoms with van der Waals surface area (Å²) in [5.41, 5.74) is 0.928. The number of sulfone groups is 1. The normalized spacial score (nSPS) is 12.7. The number of hydrogen-bond donors (Lipinski definition) is 1. The van der Waals surface area contributed by atoms with Crippen molar-refractivity contribution in [2.45, 2.75) is 25.1 Å². The van der Waals surface area contributed by atoms with Crippen LogP contribution in [0.5, 0.6) is 0 Å². The largest absolute Gasteiger partial charge is 0.311 e. The van der Waals surface area contributed by atoms with Crippen molar-refractivity contribution in [2.24, 2.45) is 0 Å². The molecule has 0 bridgehead atoms. The van der Waals surface area contributed by atoms with Gasteiger partial charge in [0.1, 0.15) is 0 Å². The number of halogens is 2. The lowest BCUT2D eigenvalue weighted by Gasteiger charge is -2.22. The Morgan fingerprint density at radius 2 is 1.67 bits per heavy atom. The zero-order chi connectivity index (χ0) is 14.0. The molecule has 0 saturated carbocycles. The van der Waals surface area contributed by atoms with Gasteiger partial charge in [0.05, 0.1) is 4.75 Å². The van der Waals surface area contributed by atoms with E-state index in [1.807, 2.05) is 0 Å². The molecule has 0 amide bonds. The van der Waals surface area contributed by atoms with Crippen molar-refractivity contribution in [3.05, 3.63) is 33.8 Å². The lowest BCUT2D eigenvalue weighted by Crippen LogP contribution is -2.41. The average molecular weight is 310 g/mol. The van der Waals surface area contributed by atoms with Crippen LogP contribution in [0.2, 0.25) is 10.0 Å². The Labute approximate surface area is 118 Å². The molecule has 102 valence electrons. The predicted octanol–water partition coefficient (Wildman–Crippen LogP) is 2.91. The molecule has 0 aromatic heterocycles. The van der Waals surface area contributed by atoms with Crippen LogP contribution >= 0.6 is 23.2 Å². The maximum Gasteiger partial charge on any atom is 0.153 e. The molecule has 3 nitrogen and oxygen atoms in total. The maximum atomic E-state index is 11.5. The summed E-state index contributed by atoms with van der Waals surface area (Å²) in [4.78, 5) is 0. The molecule has 6 heteroatoms. The number of benzene rings is 1. The van der Waals surface area contributed by atoms with Gasteiger partial charge in [-0.2, -0.15) is 0 Å². The topological polar surface area (TPSA) is 46.2 Å². The molecule has 0 aliphatic rings. The standard InChI is InChI=1S/C12H17Cl2NO2S/c1-12(2,18(3,16)17)8-15-7-9-4-10(13)6-11(14)5-9/h4-6,15H,7-8H2,1-3H3. The highest BCUT2D eigenvalue weighted by molar-refractivity contribution is 7.92. The van der Waals surface area contributed by atoms with Crippen LogP contribution in [0.4, 0.5) is 0 Å². The van der Waals surface area contributed by atoms with E-state index in [2.05, 4.69) is 5.32 Å². The molecule has 0 aliphatic heterocycles. The third-order valence-electron chi connectivity index (χ3n) is 2.81. The average Bonchev–Trinajstić information content (AvgIpc) is 2.13. The highest BCUT2D eigenvalue weighted by atomic mass is 35.5. The first-order valence-corrected chi connectivity index (χ1v) is 8.12. The Morgan fingerprint density at radius 1 is 1.17 bits per heavy atom. The lowest BCUT2D eigenvalue weighted by atomic mass is 10.2. The van der Waals surface area contributed by atoms with E-state index < -0.39 is 14.6 Å². The Bertz CT molecular complexity index is 507. The zero-order valence-corrected chi connectivity index (χ0v) is 13.0. The summed E-state index contributed by atoms with van der Waals surface area (Å²) in [6.45, 7) is 4.29. The summed E-state index contributed by atoms with van der Waals surface area (Å²) in [5.74, 6) is 0. The van der Waals surface area contributed by atoms with Crippen LogP contribution in [-0.4, -0.2) is 26.0 Å². The van der Waals surface area contributed by atoms with Crippen LogP contribution in [0.15, 0.2) is 18.2 Å². The minimum absolute atomic E-state index is 0.371. The summed E-state index contributed by atoms with van der Waals surface area (Å²) in [7, 11) is -3.09. The van der Waals surface area contributed by atoms with Gasteiger partial charge in [-0.3, -0.25) is 0 Å². The fraction of sp³-hybridized carbons (Fsp3) is 0.500. The van der Waals surface area contributed by atoms with Gasteiger partial charge in [-0.25, -0.2) is 8.42 Å². The first-order chi connectivity index (χ1) is 8.12. The zero-order valence-electron chi connectivity index (χ0n) is 10.6. The van der Waals surface area contributed by atoms with E-state index in [9.17, 15) is 8.42 Å². The van der Waals surface area contributed by atoms with E-state index >= 15 is 0 Å². The van der Waals surface area contributed by atoms with Crippen molar-refractivity contribution in [1.29, 1.82) is 0 Å². The molecule has 1 aromatic rings. The molecule has 0 spiro atoms. The van der Waals surface area contributed by atoms with Crippen molar-refractivity contribution in [3.8, 4) is 0 Å². The highest BCUT2D eigenvalue weighted by Crippen LogP contribution is 2.19. The third kappa shape index (κ3) is 4.43. The van der Waals surface area contributed by atoms with Crippen molar-refractivity contribution >= 4 is 33.0 Å². The summed E-state index contributed by atoms with van der Waals surface area (Å²) < 4.78 is 22.2. The lowest BCUT2D eigenvalue weighted by molar-refractivity contribution is 0.521. The van der Waals surface area contributed by atoms with E-state index in [4.69, 9.17) is 23.2 Å². The molecule has 0 unspecified atom stereocenters. The second kappa shape index (κ2) is 5.78. The van der Waals surface area contributed by atoms with Crippen LogP contribution in [-0.2, 0) is 16.4 Å². The van der Waals surface area contributed by atoms with E-state index in [0.717, 1.165) is 5.56 Å². The van der Waals surface area contributed by atoms with Crippen LogP contribution in [0.3, 0.4) is 0 Å². The molecule has 1 aromatic carbocycles. The Kier molecular flexibility index (Phi) is 5.06. The van der Waals surface area contributed by atoms with Crippen LogP contribution in [0, 0.1) is 0 Å². The molecule has 0 saturated heterocycles. The molecular formula is C12H17Cl2NO2S. The van der Waals surface area contributed by atoms with Crippen molar-refractivity contribution in [2.75, 3.05) is 12.8 Å². The van der Waals surface area contributed by atoms with Gasteiger partial charge >= 0.3 is 0 Å². The minimum Gasteiger partial charge on any atom is -0.311 e. The van der Waals surface area contributed by atoms with Crippen molar-refractivity contribution < 1.29 is 8.42 Å². The molecule has 0 atom stereocenters. The quantitative estimate of drug-likeness (QED) is 0.909. The van der Waals surface area contributed by atoms with Gasteiger partial charge in [0, 0.05) is 29.4 Å². The SMILES string of the molecule is CC(C)(CNCc1cc(Cl)cc(Cl)c1)S(C)(=O)=O. The highest BCUT2D eigenvalue weighted by Gasteiger charge is 2.29. The molecule has 0 radical (unpaired) electrons. The fourth-order valence-electron chi connectivity index (χ4n) is 1.35. The molecule has 1 rings (SSSR count). The molecular weight excluding hydrogens is 293 g/mol. The minimum atomic E-state index is -3.09. The van der Waals surface area contributed by atoms with Crippen LogP contribution in [0.25, 0.3) is 0 Å². The summed E-state index contributed by atoms with van der Waals surface area (Å²) in [6, 6.07) is 5.26. The van der Waals surface area contributed by atoms with Crippen LogP contribution in [0.1, 0.15) is 19.4 Å². The first kappa shape index (κ1) is 15.8. The molecule has 1 N–H and O–H groups in total. The Balaban J connectivity index is 2.62. The predicted molar refractivity (Wildman–Crippen MR) is 77.1 cm³/mol. The van der Waals surface area contributed by atoms with Gasteiger partial charge in [-0.05, 0) is 37.6 Å². The van der Waals surface area contributed by atoms with E-state index in [1.165, 1.54) is 6.26 Å². The Morgan fingerprint density at radius 3 is 2.11 bits per heavy atom.